The molecule has 0 heterocycles. The minimum atomic E-state index is 0.0183. The molecule has 2 aromatic carbocycles. The van der Waals surface area contributed by atoms with E-state index in [0.29, 0.717) is 6.61 Å². The van der Waals surface area contributed by atoms with E-state index >= 15 is 0 Å². The van der Waals surface area contributed by atoms with Crippen LogP contribution in [0.1, 0.15) is 27.9 Å². The molecule has 0 aromatic heterocycles. The molecule has 2 aromatic rings. The predicted molar refractivity (Wildman–Crippen MR) is 112 cm³/mol. The monoisotopic (exact) mass is 366 g/mol. The van der Waals surface area contributed by atoms with Crippen LogP contribution in [-0.4, -0.2) is 56.9 Å². The highest BCUT2D eigenvalue weighted by Gasteiger charge is 2.08. The van der Waals surface area contributed by atoms with E-state index in [1.165, 1.54) is 0 Å². The first-order valence-corrected chi connectivity index (χ1v) is 9.28. The van der Waals surface area contributed by atoms with Gasteiger partial charge in [-0.25, -0.2) is 0 Å². The number of allylic oxidation sites excluding steroid dienone is 1. The molecule has 0 N–H and O–H groups in total. The van der Waals surface area contributed by atoms with E-state index in [2.05, 4.69) is 23.9 Å². The molecule has 4 heteroatoms. The molecule has 4 nitrogen and oxygen atoms in total. The van der Waals surface area contributed by atoms with Crippen LogP contribution in [0.2, 0.25) is 0 Å². The zero-order valence-electron chi connectivity index (χ0n) is 16.8. The van der Waals surface area contributed by atoms with Crippen LogP contribution in [0.4, 0.5) is 0 Å². The molecule has 0 saturated heterocycles. The fraction of sp³-hybridized carbons (Fsp3) is 0.348. The predicted octanol–water partition coefficient (Wildman–Crippen LogP) is 3.97. The van der Waals surface area contributed by atoms with E-state index in [1.807, 2.05) is 68.7 Å². The van der Waals surface area contributed by atoms with Crippen molar-refractivity contribution >= 4 is 11.9 Å². The van der Waals surface area contributed by atoms with E-state index in [-0.39, 0.29) is 5.78 Å². The molecule has 0 aliphatic rings. The summed E-state index contributed by atoms with van der Waals surface area (Å²) in [5.41, 5.74) is 2.74. The second-order valence-electron chi connectivity index (χ2n) is 7.17. The number of hydrogen-bond donors (Lipinski definition) is 0. The molecule has 144 valence electrons. The first-order chi connectivity index (χ1) is 13.0. The van der Waals surface area contributed by atoms with Crippen LogP contribution < -0.4 is 4.74 Å². The SMILES string of the molecule is CN(C)CCCOc1cccc(C=CC(=O)c2ccccc2CN(C)C)c1. The quantitative estimate of drug-likeness (QED) is 0.362. The molecule has 0 amide bonds. The maximum Gasteiger partial charge on any atom is 0.186 e. The smallest absolute Gasteiger partial charge is 0.186 e. The van der Waals surface area contributed by atoms with E-state index in [1.54, 1.807) is 6.08 Å². The number of ether oxygens (including phenoxy) is 1. The van der Waals surface area contributed by atoms with Gasteiger partial charge in [-0.1, -0.05) is 42.5 Å². The summed E-state index contributed by atoms with van der Waals surface area (Å²) in [7, 11) is 8.11. The van der Waals surface area contributed by atoms with Crippen molar-refractivity contribution in [3.05, 3.63) is 71.3 Å². The molecule has 0 spiro atoms. The fourth-order valence-electron chi connectivity index (χ4n) is 2.78. The molecule has 0 bridgehead atoms. The highest BCUT2D eigenvalue weighted by Crippen LogP contribution is 2.16. The second kappa shape index (κ2) is 10.7. The number of ketones is 1. The lowest BCUT2D eigenvalue weighted by molar-refractivity contribution is 0.104. The molecular formula is C23H30N2O2. The summed E-state index contributed by atoms with van der Waals surface area (Å²) in [6.45, 7) is 2.43. The maximum atomic E-state index is 12.6. The molecule has 0 fully saturated rings. The molecule has 0 radical (unpaired) electrons. The summed E-state index contributed by atoms with van der Waals surface area (Å²) in [4.78, 5) is 16.8. The van der Waals surface area contributed by atoms with E-state index in [9.17, 15) is 4.79 Å². The van der Waals surface area contributed by atoms with Gasteiger partial charge in [0.2, 0.25) is 0 Å². The third-order valence-corrected chi connectivity index (χ3v) is 4.07. The summed E-state index contributed by atoms with van der Waals surface area (Å²) in [5.74, 6) is 0.848. The Morgan fingerprint density at radius 3 is 2.52 bits per heavy atom. The Kier molecular flexibility index (Phi) is 8.24. The van der Waals surface area contributed by atoms with Crippen molar-refractivity contribution in [1.82, 2.24) is 9.80 Å². The molecular weight excluding hydrogens is 336 g/mol. The van der Waals surface area contributed by atoms with Gasteiger partial charge in [0.25, 0.3) is 0 Å². The van der Waals surface area contributed by atoms with Crippen molar-refractivity contribution in [2.24, 2.45) is 0 Å². The molecule has 2 rings (SSSR count). The molecule has 0 saturated carbocycles. The number of rotatable bonds is 10. The number of carbonyl (C=O) groups is 1. The van der Waals surface area contributed by atoms with Crippen LogP contribution in [0.15, 0.2) is 54.6 Å². The Morgan fingerprint density at radius 2 is 1.78 bits per heavy atom. The third-order valence-electron chi connectivity index (χ3n) is 4.07. The normalized spacial score (nSPS) is 11.5. The van der Waals surface area contributed by atoms with Gasteiger partial charge in [0.1, 0.15) is 5.75 Å². The van der Waals surface area contributed by atoms with Gasteiger partial charge in [-0.3, -0.25) is 4.79 Å². The average Bonchev–Trinajstić information content (AvgIpc) is 2.63. The van der Waals surface area contributed by atoms with Crippen LogP contribution in [0.25, 0.3) is 6.08 Å². The second-order valence-corrected chi connectivity index (χ2v) is 7.17. The molecule has 27 heavy (non-hydrogen) atoms. The zero-order chi connectivity index (χ0) is 19.6. The largest absolute Gasteiger partial charge is 0.494 e. The number of carbonyl (C=O) groups excluding carboxylic acids is 1. The molecule has 0 unspecified atom stereocenters. The van der Waals surface area contributed by atoms with Crippen molar-refractivity contribution in [2.75, 3.05) is 41.3 Å². The van der Waals surface area contributed by atoms with Crippen LogP contribution >= 0.6 is 0 Å². The summed E-state index contributed by atoms with van der Waals surface area (Å²) in [5, 5.41) is 0. The first-order valence-electron chi connectivity index (χ1n) is 9.28. The van der Waals surface area contributed by atoms with Gasteiger partial charge >= 0.3 is 0 Å². The summed E-state index contributed by atoms with van der Waals surface area (Å²) in [6.07, 6.45) is 4.47. The molecule has 0 aliphatic heterocycles. The van der Waals surface area contributed by atoms with Crippen LogP contribution in [0.5, 0.6) is 5.75 Å². The first kappa shape index (κ1) is 20.9. The zero-order valence-corrected chi connectivity index (χ0v) is 16.8. The Hall–Kier alpha value is -2.43. The number of hydrogen-bond acceptors (Lipinski definition) is 4. The summed E-state index contributed by atoms with van der Waals surface area (Å²) >= 11 is 0. The number of nitrogens with zero attached hydrogens (tertiary/aromatic N) is 2. The highest BCUT2D eigenvalue weighted by atomic mass is 16.5. The lowest BCUT2D eigenvalue weighted by Crippen LogP contribution is -2.15. The van der Waals surface area contributed by atoms with Crippen molar-refractivity contribution in [3.8, 4) is 5.75 Å². The highest BCUT2D eigenvalue weighted by molar-refractivity contribution is 6.07. The Labute approximate surface area is 163 Å². The molecule has 0 atom stereocenters. The maximum absolute atomic E-state index is 12.6. The van der Waals surface area contributed by atoms with Crippen LogP contribution in [0.3, 0.4) is 0 Å². The van der Waals surface area contributed by atoms with Gasteiger partial charge in [-0.2, -0.15) is 0 Å². The molecule has 0 aliphatic carbocycles. The van der Waals surface area contributed by atoms with Crippen LogP contribution in [0, 0.1) is 0 Å². The third kappa shape index (κ3) is 7.37. The van der Waals surface area contributed by atoms with Crippen molar-refractivity contribution in [3.63, 3.8) is 0 Å². The van der Waals surface area contributed by atoms with Gasteiger partial charge in [0.05, 0.1) is 6.61 Å². The Bertz CT molecular complexity index is 766. The van der Waals surface area contributed by atoms with Crippen molar-refractivity contribution in [1.29, 1.82) is 0 Å². The summed E-state index contributed by atoms with van der Waals surface area (Å²) in [6, 6.07) is 15.6. The van der Waals surface area contributed by atoms with E-state index in [4.69, 9.17) is 4.74 Å². The Balaban J connectivity index is 2.01. The fourth-order valence-corrected chi connectivity index (χ4v) is 2.78. The van der Waals surface area contributed by atoms with Gasteiger partial charge < -0.3 is 14.5 Å². The van der Waals surface area contributed by atoms with E-state index in [0.717, 1.165) is 42.0 Å². The minimum absolute atomic E-state index is 0.0183. The topological polar surface area (TPSA) is 32.8 Å². The van der Waals surface area contributed by atoms with Gasteiger partial charge in [0.15, 0.2) is 5.78 Å². The van der Waals surface area contributed by atoms with Gasteiger partial charge in [0, 0.05) is 18.7 Å². The van der Waals surface area contributed by atoms with Gasteiger partial charge in [-0.15, -0.1) is 0 Å². The average molecular weight is 367 g/mol. The summed E-state index contributed by atoms with van der Waals surface area (Å²) < 4.78 is 5.80. The number of benzene rings is 2. The van der Waals surface area contributed by atoms with Gasteiger partial charge in [-0.05, 0) is 63.9 Å². The minimum Gasteiger partial charge on any atom is -0.494 e. The van der Waals surface area contributed by atoms with Crippen molar-refractivity contribution < 1.29 is 9.53 Å². The lowest BCUT2D eigenvalue weighted by Gasteiger charge is -2.12. The Morgan fingerprint density at radius 1 is 1.00 bits per heavy atom. The standard InChI is InChI=1S/C23H30N2O2/c1-24(2)15-8-16-27-21-11-7-9-19(17-21)13-14-23(26)22-12-6-5-10-20(22)18-25(3)4/h5-7,9-14,17H,8,15-16,18H2,1-4H3. The van der Waals surface area contributed by atoms with E-state index < -0.39 is 0 Å². The van der Waals surface area contributed by atoms with Crippen molar-refractivity contribution in [2.45, 2.75) is 13.0 Å². The van der Waals surface area contributed by atoms with Crippen LogP contribution in [-0.2, 0) is 6.54 Å². The lowest BCUT2D eigenvalue weighted by atomic mass is 10.0.